The van der Waals surface area contributed by atoms with Crippen LogP contribution in [0, 0.1) is 5.41 Å². The number of hydrogen-bond donors (Lipinski definition) is 2. The van der Waals surface area contributed by atoms with E-state index in [9.17, 15) is 0 Å². The zero-order chi connectivity index (χ0) is 17.2. The molecule has 0 bridgehead atoms. The summed E-state index contributed by atoms with van der Waals surface area (Å²) < 4.78 is 7.78. The number of hydrogen-bond acceptors (Lipinski definition) is 4. The molecule has 1 aromatic heterocycles. The van der Waals surface area contributed by atoms with Gasteiger partial charge >= 0.3 is 0 Å². The number of guanidine groups is 1. The molecule has 7 nitrogen and oxygen atoms in total. The number of methoxy groups -OCH3 is 1. The van der Waals surface area contributed by atoms with Crippen molar-refractivity contribution in [3.63, 3.8) is 0 Å². The molecule has 1 fully saturated rings. The molecule has 8 heteroatoms. The SMILES string of the molecule is CN=C(NCc1nnc2n1CCCCC2)NC1CC(OC)C1(C)C.I. The number of ether oxygens (including phenoxy) is 1. The van der Waals surface area contributed by atoms with Gasteiger partial charge in [0.2, 0.25) is 0 Å². The van der Waals surface area contributed by atoms with Crippen LogP contribution in [-0.2, 0) is 24.2 Å². The Hall–Kier alpha value is -0.900. The summed E-state index contributed by atoms with van der Waals surface area (Å²) >= 11 is 0. The van der Waals surface area contributed by atoms with Crippen molar-refractivity contribution < 1.29 is 4.74 Å². The van der Waals surface area contributed by atoms with Crippen molar-refractivity contribution in [3.8, 4) is 0 Å². The normalized spacial score (nSPS) is 25.2. The number of nitrogens with zero attached hydrogens (tertiary/aromatic N) is 4. The van der Waals surface area contributed by atoms with E-state index in [1.165, 1.54) is 19.3 Å². The van der Waals surface area contributed by atoms with E-state index >= 15 is 0 Å². The number of aromatic nitrogens is 3. The molecule has 0 spiro atoms. The highest BCUT2D eigenvalue weighted by Gasteiger charge is 2.48. The van der Waals surface area contributed by atoms with Crippen LogP contribution in [-0.4, -0.2) is 47.0 Å². The number of aryl methyl sites for hydroxylation is 1. The van der Waals surface area contributed by atoms with E-state index in [1.807, 2.05) is 0 Å². The Morgan fingerprint density at radius 1 is 1.32 bits per heavy atom. The van der Waals surface area contributed by atoms with E-state index < -0.39 is 0 Å². The van der Waals surface area contributed by atoms with Crippen molar-refractivity contribution in [1.29, 1.82) is 0 Å². The molecular formula is C17H31IN6O. The number of nitrogens with one attached hydrogen (secondary N) is 2. The van der Waals surface area contributed by atoms with Gasteiger partial charge in [-0.2, -0.15) is 0 Å². The number of aliphatic imine (C=N–C) groups is 1. The summed E-state index contributed by atoms with van der Waals surface area (Å²) in [6, 6.07) is 0.365. The Morgan fingerprint density at radius 2 is 2.12 bits per heavy atom. The van der Waals surface area contributed by atoms with Crippen LogP contribution in [0.3, 0.4) is 0 Å². The second-order valence-corrected chi connectivity index (χ2v) is 7.40. The summed E-state index contributed by atoms with van der Waals surface area (Å²) in [6.07, 6.45) is 6.04. The van der Waals surface area contributed by atoms with E-state index in [4.69, 9.17) is 4.74 Å². The molecule has 1 aliphatic carbocycles. The zero-order valence-electron chi connectivity index (χ0n) is 15.7. The van der Waals surface area contributed by atoms with Gasteiger partial charge in [-0.15, -0.1) is 34.2 Å². The molecule has 1 aromatic rings. The molecule has 0 radical (unpaired) electrons. The molecule has 0 aromatic carbocycles. The Balaban J connectivity index is 0.00000225. The molecule has 1 saturated carbocycles. The molecule has 25 heavy (non-hydrogen) atoms. The summed E-state index contributed by atoms with van der Waals surface area (Å²) in [6.45, 7) is 6.13. The molecular weight excluding hydrogens is 431 g/mol. The topological polar surface area (TPSA) is 76.4 Å². The van der Waals surface area contributed by atoms with Crippen LogP contribution < -0.4 is 10.6 Å². The van der Waals surface area contributed by atoms with E-state index in [-0.39, 0.29) is 29.4 Å². The lowest BCUT2D eigenvalue weighted by Gasteiger charge is -2.51. The lowest BCUT2D eigenvalue weighted by molar-refractivity contribution is -0.0922. The monoisotopic (exact) mass is 462 g/mol. The third kappa shape index (κ3) is 4.27. The van der Waals surface area contributed by atoms with Gasteiger partial charge in [0.05, 0.1) is 12.6 Å². The van der Waals surface area contributed by atoms with E-state index in [2.05, 4.69) is 44.2 Å². The Labute approximate surface area is 167 Å². The zero-order valence-corrected chi connectivity index (χ0v) is 18.0. The van der Waals surface area contributed by atoms with Crippen molar-refractivity contribution in [1.82, 2.24) is 25.4 Å². The van der Waals surface area contributed by atoms with E-state index in [0.717, 1.165) is 37.0 Å². The highest BCUT2D eigenvalue weighted by atomic mass is 127. The van der Waals surface area contributed by atoms with Crippen LogP contribution in [0.15, 0.2) is 4.99 Å². The van der Waals surface area contributed by atoms with Gasteiger partial charge in [0.25, 0.3) is 0 Å². The molecule has 142 valence electrons. The molecule has 2 N–H and O–H groups in total. The molecule has 2 atom stereocenters. The van der Waals surface area contributed by atoms with Crippen LogP contribution >= 0.6 is 24.0 Å². The summed E-state index contributed by atoms with van der Waals surface area (Å²) in [4.78, 5) is 4.35. The van der Waals surface area contributed by atoms with Crippen LogP contribution in [0.5, 0.6) is 0 Å². The van der Waals surface area contributed by atoms with E-state index in [0.29, 0.717) is 18.7 Å². The summed E-state index contributed by atoms with van der Waals surface area (Å²) in [7, 11) is 3.59. The van der Waals surface area contributed by atoms with Gasteiger partial charge in [0.15, 0.2) is 11.8 Å². The van der Waals surface area contributed by atoms with Crippen molar-refractivity contribution in [3.05, 3.63) is 11.6 Å². The first kappa shape index (κ1) is 20.4. The molecule has 1 aliphatic heterocycles. The average Bonchev–Trinajstić information content (AvgIpc) is 2.80. The predicted molar refractivity (Wildman–Crippen MR) is 109 cm³/mol. The quantitative estimate of drug-likeness (QED) is 0.407. The van der Waals surface area contributed by atoms with Crippen LogP contribution in [0.2, 0.25) is 0 Å². The standard InChI is InChI=1S/C17H30N6O.HI/c1-17(2)12(10-13(17)24-4)20-16(18-3)19-11-15-22-21-14-8-6-5-7-9-23(14)15;/h12-13H,5-11H2,1-4H3,(H2,18,19,20);1H. The summed E-state index contributed by atoms with van der Waals surface area (Å²) in [5.41, 5.74) is 0.109. The average molecular weight is 462 g/mol. The minimum Gasteiger partial charge on any atom is -0.381 e. The maximum absolute atomic E-state index is 5.52. The highest BCUT2D eigenvalue weighted by Crippen LogP contribution is 2.42. The summed E-state index contributed by atoms with van der Waals surface area (Å²) in [5, 5.41) is 15.6. The van der Waals surface area contributed by atoms with Gasteiger partial charge in [-0.3, -0.25) is 4.99 Å². The fourth-order valence-electron chi connectivity index (χ4n) is 3.73. The Morgan fingerprint density at radius 3 is 2.80 bits per heavy atom. The highest BCUT2D eigenvalue weighted by molar-refractivity contribution is 14.0. The smallest absolute Gasteiger partial charge is 0.191 e. The fourth-order valence-corrected chi connectivity index (χ4v) is 3.73. The maximum Gasteiger partial charge on any atom is 0.191 e. The van der Waals surface area contributed by atoms with Gasteiger partial charge in [0, 0.05) is 38.6 Å². The van der Waals surface area contributed by atoms with Crippen LogP contribution in [0.25, 0.3) is 0 Å². The van der Waals surface area contributed by atoms with Crippen molar-refractivity contribution in [2.24, 2.45) is 10.4 Å². The Bertz CT molecular complexity index is 600. The van der Waals surface area contributed by atoms with Gasteiger partial charge < -0.3 is 19.9 Å². The van der Waals surface area contributed by atoms with Gasteiger partial charge in [0.1, 0.15) is 5.82 Å². The molecule has 0 saturated heterocycles. The first-order valence-electron chi connectivity index (χ1n) is 8.97. The third-order valence-corrected chi connectivity index (χ3v) is 5.60. The first-order valence-corrected chi connectivity index (χ1v) is 8.97. The molecule has 0 amide bonds. The molecule has 2 unspecified atom stereocenters. The number of halogens is 1. The lowest BCUT2D eigenvalue weighted by Crippen LogP contribution is -2.63. The third-order valence-electron chi connectivity index (χ3n) is 5.60. The predicted octanol–water partition coefficient (Wildman–Crippen LogP) is 2.10. The van der Waals surface area contributed by atoms with Crippen molar-refractivity contribution in [2.45, 2.75) is 71.2 Å². The second-order valence-electron chi connectivity index (χ2n) is 7.40. The second kappa shape index (κ2) is 8.66. The molecule has 3 rings (SSSR count). The van der Waals surface area contributed by atoms with Crippen molar-refractivity contribution >= 4 is 29.9 Å². The van der Waals surface area contributed by atoms with Crippen molar-refractivity contribution in [2.75, 3.05) is 14.2 Å². The lowest BCUT2D eigenvalue weighted by atomic mass is 9.64. The number of rotatable bonds is 4. The van der Waals surface area contributed by atoms with Crippen LogP contribution in [0.4, 0.5) is 0 Å². The molecule has 2 heterocycles. The maximum atomic E-state index is 5.52. The van der Waals surface area contributed by atoms with E-state index in [1.54, 1.807) is 14.2 Å². The first-order chi connectivity index (χ1) is 11.6. The minimum absolute atomic E-state index is 0. The summed E-state index contributed by atoms with van der Waals surface area (Å²) in [5.74, 6) is 2.93. The van der Waals surface area contributed by atoms with Gasteiger partial charge in [-0.1, -0.05) is 20.3 Å². The largest absolute Gasteiger partial charge is 0.381 e. The van der Waals surface area contributed by atoms with Gasteiger partial charge in [-0.05, 0) is 19.3 Å². The molecule has 2 aliphatic rings. The van der Waals surface area contributed by atoms with Crippen LogP contribution in [0.1, 0.15) is 51.2 Å². The Kier molecular flexibility index (Phi) is 7.07. The van der Waals surface area contributed by atoms with Gasteiger partial charge in [-0.25, -0.2) is 0 Å². The number of fused-ring (bicyclic) bond motifs is 1. The fraction of sp³-hybridized carbons (Fsp3) is 0.824. The minimum atomic E-state index is 0.